The van der Waals surface area contributed by atoms with E-state index < -0.39 is 12.1 Å². The van der Waals surface area contributed by atoms with Crippen molar-refractivity contribution >= 4 is 40.6 Å². The highest BCUT2D eigenvalue weighted by Gasteiger charge is 2.21. The number of hydrogen-bond donors (Lipinski definition) is 4. The molecule has 4 N–H and O–H groups in total. The summed E-state index contributed by atoms with van der Waals surface area (Å²) in [5.74, 6) is -0.287. The van der Waals surface area contributed by atoms with Gasteiger partial charge in [0.25, 0.3) is 0 Å². The number of rotatable bonds is 7. The number of benzene rings is 1. The van der Waals surface area contributed by atoms with Crippen molar-refractivity contribution in [3.63, 3.8) is 0 Å². The van der Waals surface area contributed by atoms with E-state index in [0.29, 0.717) is 22.1 Å². The average Bonchev–Trinajstić information content (AvgIpc) is 3.11. The maximum Gasteiger partial charge on any atom is 0.321 e. The Morgan fingerprint density at radius 3 is 2.54 bits per heavy atom. The minimum absolute atomic E-state index is 0.287. The van der Waals surface area contributed by atoms with Crippen LogP contribution in [0, 0.1) is 3.95 Å². The highest BCUT2D eigenvalue weighted by atomic mass is 32.1. The summed E-state index contributed by atoms with van der Waals surface area (Å²) in [4.78, 5) is 29.0. The van der Waals surface area contributed by atoms with Crippen LogP contribution >= 0.6 is 23.6 Å². The van der Waals surface area contributed by atoms with Crippen LogP contribution < -0.4 is 16.0 Å². The highest BCUT2D eigenvalue weighted by molar-refractivity contribution is 7.73. The Bertz CT molecular complexity index is 974. The monoisotopic (exact) mass is 414 g/mol. The van der Waals surface area contributed by atoms with Gasteiger partial charge in [0.1, 0.15) is 6.04 Å². The third-order valence-corrected chi connectivity index (χ3v) is 4.78. The van der Waals surface area contributed by atoms with Crippen molar-refractivity contribution < 1.29 is 9.59 Å². The van der Waals surface area contributed by atoms with Gasteiger partial charge >= 0.3 is 6.03 Å². The van der Waals surface area contributed by atoms with Crippen molar-refractivity contribution in [3.8, 4) is 0 Å². The fourth-order valence-corrected chi connectivity index (χ4v) is 3.23. The molecule has 0 aliphatic heterocycles. The number of H-pyrrole nitrogens is 1. The van der Waals surface area contributed by atoms with Crippen molar-refractivity contribution in [1.29, 1.82) is 0 Å². The molecule has 1 atom stereocenters. The SMILES string of the molecule is O=C(Nc1n[nH]c(=S)s1)N[C@@H](Cc1ccccc1)C(=O)NCc1ccncc1. The molecule has 1 aromatic carbocycles. The van der Waals surface area contributed by atoms with E-state index in [0.717, 1.165) is 22.5 Å². The molecule has 3 amide bonds. The Morgan fingerprint density at radius 1 is 1.11 bits per heavy atom. The lowest BCUT2D eigenvalue weighted by Gasteiger charge is -2.18. The van der Waals surface area contributed by atoms with E-state index in [1.807, 2.05) is 42.5 Å². The van der Waals surface area contributed by atoms with E-state index in [4.69, 9.17) is 12.2 Å². The van der Waals surface area contributed by atoms with Crippen molar-refractivity contribution in [2.75, 3.05) is 5.32 Å². The quantitative estimate of drug-likeness (QED) is 0.444. The van der Waals surface area contributed by atoms with Crippen molar-refractivity contribution in [1.82, 2.24) is 25.8 Å². The molecule has 10 heteroatoms. The smallest absolute Gasteiger partial charge is 0.321 e. The van der Waals surface area contributed by atoms with Crippen LogP contribution in [0.4, 0.5) is 9.93 Å². The van der Waals surface area contributed by atoms with E-state index in [-0.39, 0.29) is 5.91 Å². The van der Waals surface area contributed by atoms with E-state index >= 15 is 0 Å². The fraction of sp³-hybridized carbons (Fsp3) is 0.167. The number of aromatic nitrogens is 3. The maximum atomic E-state index is 12.7. The predicted octanol–water partition coefficient (Wildman–Crippen LogP) is 2.64. The van der Waals surface area contributed by atoms with Crippen LogP contribution in [-0.2, 0) is 17.8 Å². The highest BCUT2D eigenvalue weighted by Crippen LogP contribution is 2.11. The molecule has 2 aromatic heterocycles. The number of carbonyl (C=O) groups is 2. The third kappa shape index (κ3) is 5.96. The number of urea groups is 1. The lowest BCUT2D eigenvalue weighted by atomic mass is 10.1. The van der Waals surface area contributed by atoms with Crippen LogP contribution in [0.1, 0.15) is 11.1 Å². The van der Waals surface area contributed by atoms with Crippen LogP contribution in [-0.4, -0.2) is 33.2 Å². The van der Waals surface area contributed by atoms with Gasteiger partial charge in [-0.3, -0.25) is 20.2 Å². The average molecular weight is 415 g/mol. The van der Waals surface area contributed by atoms with Crippen molar-refractivity contribution in [2.45, 2.75) is 19.0 Å². The van der Waals surface area contributed by atoms with E-state index in [2.05, 4.69) is 31.1 Å². The largest absolute Gasteiger partial charge is 0.350 e. The van der Waals surface area contributed by atoms with Crippen molar-refractivity contribution in [3.05, 3.63) is 69.9 Å². The molecule has 3 rings (SSSR count). The summed E-state index contributed by atoms with van der Waals surface area (Å²) in [6.45, 7) is 0.344. The van der Waals surface area contributed by atoms with E-state index in [1.165, 1.54) is 0 Å². The summed E-state index contributed by atoms with van der Waals surface area (Å²) in [7, 11) is 0. The Morgan fingerprint density at radius 2 is 1.86 bits per heavy atom. The summed E-state index contributed by atoms with van der Waals surface area (Å²) in [5.41, 5.74) is 1.85. The normalized spacial score (nSPS) is 11.4. The van der Waals surface area contributed by atoms with Gasteiger partial charge in [-0.2, -0.15) is 0 Å². The number of nitrogens with one attached hydrogen (secondary N) is 4. The van der Waals surface area contributed by atoms with Gasteiger partial charge in [-0.05, 0) is 35.5 Å². The third-order valence-electron chi connectivity index (χ3n) is 3.78. The summed E-state index contributed by atoms with van der Waals surface area (Å²) in [5, 5.41) is 14.9. The number of aromatic amines is 1. The van der Waals surface area contributed by atoms with Gasteiger partial charge in [0.2, 0.25) is 11.0 Å². The number of pyridine rings is 1. The molecule has 0 unspecified atom stereocenters. The summed E-state index contributed by atoms with van der Waals surface area (Å²) < 4.78 is 0.450. The number of nitrogens with zero attached hydrogens (tertiary/aromatic N) is 2. The van der Waals surface area contributed by atoms with Crippen LogP contribution in [0.3, 0.4) is 0 Å². The first-order valence-corrected chi connectivity index (χ1v) is 9.66. The molecule has 0 spiro atoms. The van der Waals surface area contributed by atoms with Crippen LogP contribution in [0.5, 0.6) is 0 Å². The fourth-order valence-electron chi connectivity index (χ4n) is 2.45. The zero-order valence-corrected chi connectivity index (χ0v) is 16.3. The topological polar surface area (TPSA) is 112 Å². The standard InChI is InChI=1S/C18H18N6O2S2/c25-15(20-11-13-6-8-19-9-7-13)14(10-12-4-2-1-3-5-12)21-16(26)22-17-23-24-18(27)28-17/h1-9,14H,10-11H2,(H,20,25)(H,24,27)(H2,21,22,23,26)/t14-/m0/s1. The maximum absolute atomic E-state index is 12.7. The van der Waals surface area contributed by atoms with Gasteiger partial charge in [-0.15, -0.1) is 5.10 Å². The minimum atomic E-state index is -0.754. The van der Waals surface area contributed by atoms with E-state index in [1.54, 1.807) is 12.4 Å². The summed E-state index contributed by atoms with van der Waals surface area (Å²) >= 11 is 6.08. The molecular weight excluding hydrogens is 396 g/mol. The molecule has 0 saturated carbocycles. The zero-order valence-electron chi connectivity index (χ0n) is 14.7. The first-order chi connectivity index (χ1) is 13.6. The first-order valence-electron chi connectivity index (χ1n) is 8.44. The molecule has 2 heterocycles. The first kappa shape index (κ1) is 19.6. The number of amides is 3. The molecule has 8 nitrogen and oxygen atoms in total. The molecule has 0 radical (unpaired) electrons. The summed E-state index contributed by atoms with van der Waals surface area (Å²) in [6.07, 6.45) is 3.67. The molecule has 0 aliphatic carbocycles. The summed E-state index contributed by atoms with van der Waals surface area (Å²) in [6, 6.07) is 11.8. The number of carbonyl (C=O) groups excluding carboxylic acids is 2. The second-order valence-electron chi connectivity index (χ2n) is 5.83. The van der Waals surface area contributed by atoms with Gasteiger partial charge in [-0.1, -0.05) is 41.7 Å². The Kier molecular flexibility index (Phi) is 6.82. The van der Waals surface area contributed by atoms with Gasteiger partial charge < -0.3 is 10.6 Å². The molecule has 28 heavy (non-hydrogen) atoms. The second-order valence-corrected chi connectivity index (χ2v) is 7.50. The Balaban J connectivity index is 1.65. The Hall–Kier alpha value is -3.11. The second kappa shape index (κ2) is 9.72. The predicted molar refractivity (Wildman–Crippen MR) is 109 cm³/mol. The van der Waals surface area contributed by atoms with Crippen molar-refractivity contribution in [2.24, 2.45) is 0 Å². The number of hydrogen-bond acceptors (Lipinski definition) is 6. The Labute approximate surface area is 170 Å². The number of anilines is 1. The van der Waals surface area contributed by atoms with Gasteiger partial charge in [0.15, 0.2) is 3.95 Å². The molecule has 3 aromatic rings. The minimum Gasteiger partial charge on any atom is -0.350 e. The zero-order chi connectivity index (χ0) is 19.8. The van der Waals surface area contributed by atoms with Crippen LogP contribution in [0.2, 0.25) is 0 Å². The van der Waals surface area contributed by atoms with Gasteiger partial charge in [0, 0.05) is 25.4 Å². The molecule has 0 saturated heterocycles. The molecular formula is C18H18N6O2S2. The lowest BCUT2D eigenvalue weighted by molar-refractivity contribution is -0.123. The van der Waals surface area contributed by atoms with Gasteiger partial charge in [0.05, 0.1) is 0 Å². The van der Waals surface area contributed by atoms with Crippen LogP contribution in [0.15, 0.2) is 54.9 Å². The lowest BCUT2D eigenvalue weighted by Crippen LogP contribution is -2.49. The van der Waals surface area contributed by atoms with Gasteiger partial charge in [-0.25, -0.2) is 4.79 Å². The molecule has 0 bridgehead atoms. The van der Waals surface area contributed by atoms with E-state index in [9.17, 15) is 9.59 Å². The molecule has 0 fully saturated rings. The molecule has 144 valence electrons. The molecule has 0 aliphatic rings. The van der Waals surface area contributed by atoms with Crippen LogP contribution in [0.25, 0.3) is 0 Å².